The van der Waals surface area contributed by atoms with E-state index in [1.54, 1.807) is 18.7 Å². The van der Waals surface area contributed by atoms with Crippen LogP contribution in [0.25, 0.3) is 0 Å². The predicted octanol–water partition coefficient (Wildman–Crippen LogP) is 2.42. The monoisotopic (exact) mass is 367 g/mol. The number of carboxylic acids is 1. The first-order valence-electron chi connectivity index (χ1n) is 8.40. The molecule has 2 N–H and O–H groups in total. The van der Waals surface area contributed by atoms with Gasteiger partial charge in [-0.3, -0.25) is 9.59 Å². The third-order valence-corrected chi connectivity index (χ3v) is 5.13. The average molecular weight is 367 g/mol. The molecule has 0 saturated carbocycles. The Kier molecular flexibility index (Phi) is 7.58. The van der Waals surface area contributed by atoms with Gasteiger partial charge in [-0.1, -0.05) is 0 Å². The number of ether oxygens (including phenoxy) is 2. The Balaban J connectivity index is 1.85. The van der Waals surface area contributed by atoms with Crippen molar-refractivity contribution >= 4 is 23.6 Å². The van der Waals surface area contributed by atoms with Crippen molar-refractivity contribution in [2.24, 2.45) is 11.8 Å². The van der Waals surface area contributed by atoms with Crippen LogP contribution in [-0.4, -0.2) is 49.1 Å². The van der Waals surface area contributed by atoms with E-state index in [0.717, 1.165) is 4.90 Å². The Hall–Kier alpha value is -1.73. The van der Waals surface area contributed by atoms with Gasteiger partial charge in [0.1, 0.15) is 5.75 Å². The number of benzene rings is 1. The Morgan fingerprint density at radius 3 is 2.52 bits per heavy atom. The van der Waals surface area contributed by atoms with Gasteiger partial charge in [-0.15, -0.1) is 11.8 Å². The summed E-state index contributed by atoms with van der Waals surface area (Å²) in [6, 6.07) is 7.49. The van der Waals surface area contributed by atoms with Crippen molar-refractivity contribution in [1.82, 2.24) is 5.32 Å². The van der Waals surface area contributed by atoms with Crippen LogP contribution in [0, 0.1) is 11.8 Å². The number of aliphatic carboxylic acids is 1. The van der Waals surface area contributed by atoms with Crippen LogP contribution in [0.4, 0.5) is 0 Å². The highest BCUT2D eigenvalue weighted by molar-refractivity contribution is 7.98. The molecule has 6 nitrogen and oxygen atoms in total. The van der Waals surface area contributed by atoms with Crippen molar-refractivity contribution in [1.29, 1.82) is 0 Å². The second-order valence-electron chi connectivity index (χ2n) is 6.08. The number of amides is 1. The summed E-state index contributed by atoms with van der Waals surface area (Å²) in [7, 11) is 0. The lowest BCUT2D eigenvalue weighted by atomic mass is 9.86. The van der Waals surface area contributed by atoms with Gasteiger partial charge < -0.3 is 19.9 Å². The van der Waals surface area contributed by atoms with Crippen LogP contribution in [0.2, 0.25) is 0 Å². The van der Waals surface area contributed by atoms with Gasteiger partial charge in [0.2, 0.25) is 0 Å². The molecule has 7 heteroatoms. The normalized spacial score (nSPS) is 17.5. The molecule has 0 aliphatic carbocycles. The molecule has 1 aliphatic rings. The van der Waals surface area contributed by atoms with E-state index in [0.29, 0.717) is 31.8 Å². The molecule has 0 aromatic heterocycles. The maximum atomic E-state index is 12.2. The average Bonchev–Trinajstić information content (AvgIpc) is 2.63. The fraction of sp³-hybridized carbons (Fsp3) is 0.556. The Labute approximate surface area is 152 Å². The summed E-state index contributed by atoms with van der Waals surface area (Å²) in [6.45, 7) is 2.92. The highest BCUT2D eigenvalue weighted by atomic mass is 32.2. The molecule has 1 aromatic rings. The highest BCUT2D eigenvalue weighted by Crippen LogP contribution is 2.24. The van der Waals surface area contributed by atoms with E-state index in [4.69, 9.17) is 9.47 Å². The molecule has 2 unspecified atom stereocenters. The number of carbonyl (C=O) groups is 2. The maximum absolute atomic E-state index is 12.2. The van der Waals surface area contributed by atoms with E-state index < -0.39 is 18.0 Å². The summed E-state index contributed by atoms with van der Waals surface area (Å²) in [5.41, 5.74) is 0. The quantitative estimate of drug-likeness (QED) is 0.687. The molecule has 1 aromatic carbocycles. The van der Waals surface area contributed by atoms with Crippen molar-refractivity contribution in [3.63, 3.8) is 0 Å². The molecule has 2 rings (SSSR count). The molecule has 1 heterocycles. The summed E-state index contributed by atoms with van der Waals surface area (Å²) in [4.78, 5) is 24.8. The lowest BCUT2D eigenvalue weighted by molar-refractivity contribution is -0.145. The van der Waals surface area contributed by atoms with Crippen molar-refractivity contribution in [3.8, 4) is 5.75 Å². The number of rotatable bonds is 8. The topological polar surface area (TPSA) is 84.9 Å². The Morgan fingerprint density at radius 2 is 1.96 bits per heavy atom. The molecule has 0 spiro atoms. The van der Waals surface area contributed by atoms with Gasteiger partial charge in [0.15, 0.2) is 6.10 Å². The third kappa shape index (κ3) is 5.93. The number of carbonyl (C=O) groups excluding carboxylic acids is 1. The summed E-state index contributed by atoms with van der Waals surface area (Å²) >= 11 is 1.63. The standard InChI is InChI=1S/C18H25NO5S/c1-12(24-14-3-5-15(25-2)6-4-14)17(20)19-11-16(18(21)22)13-7-9-23-10-8-13/h3-6,12-13,16H,7-11H2,1-2H3,(H,19,20)(H,21,22). The number of carboxylic acid groups (broad SMARTS) is 1. The van der Waals surface area contributed by atoms with Crippen LogP contribution in [0.15, 0.2) is 29.2 Å². The smallest absolute Gasteiger partial charge is 0.308 e. The molecule has 0 radical (unpaired) electrons. The zero-order valence-electron chi connectivity index (χ0n) is 14.6. The first kappa shape index (κ1) is 19.6. The SMILES string of the molecule is CSc1ccc(OC(C)C(=O)NCC(C(=O)O)C2CCOCC2)cc1. The van der Waals surface area contributed by atoms with Crippen molar-refractivity contribution in [3.05, 3.63) is 24.3 Å². The molecular weight excluding hydrogens is 342 g/mol. The zero-order chi connectivity index (χ0) is 18.2. The van der Waals surface area contributed by atoms with Gasteiger partial charge in [0.25, 0.3) is 5.91 Å². The van der Waals surface area contributed by atoms with E-state index >= 15 is 0 Å². The minimum atomic E-state index is -0.881. The Bertz CT molecular complexity index is 571. The number of hydrogen-bond acceptors (Lipinski definition) is 5. The summed E-state index contributed by atoms with van der Waals surface area (Å²) < 4.78 is 10.9. The molecule has 1 saturated heterocycles. The highest BCUT2D eigenvalue weighted by Gasteiger charge is 2.30. The van der Waals surface area contributed by atoms with Crippen LogP contribution in [-0.2, 0) is 14.3 Å². The summed E-state index contributed by atoms with van der Waals surface area (Å²) in [6.07, 6.45) is 2.72. The van der Waals surface area contributed by atoms with Crippen molar-refractivity contribution < 1.29 is 24.2 Å². The molecule has 1 aliphatic heterocycles. The van der Waals surface area contributed by atoms with Gasteiger partial charge >= 0.3 is 5.97 Å². The van der Waals surface area contributed by atoms with Crippen LogP contribution in [0.1, 0.15) is 19.8 Å². The minimum Gasteiger partial charge on any atom is -0.481 e. The van der Waals surface area contributed by atoms with Gasteiger partial charge in [-0.2, -0.15) is 0 Å². The number of thioether (sulfide) groups is 1. The maximum Gasteiger partial charge on any atom is 0.308 e. The first-order chi connectivity index (χ1) is 12.0. The third-order valence-electron chi connectivity index (χ3n) is 4.39. The summed E-state index contributed by atoms with van der Waals surface area (Å²) in [5, 5.41) is 12.2. The largest absolute Gasteiger partial charge is 0.481 e. The van der Waals surface area contributed by atoms with Gasteiger partial charge in [-0.25, -0.2) is 0 Å². The van der Waals surface area contributed by atoms with E-state index in [9.17, 15) is 14.7 Å². The Morgan fingerprint density at radius 1 is 1.32 bits per heavy atom. The van der Waals surface area contributed by atoms with Crippen LogP contribution < -0.4 is 10.1 Å². The van der Waals surface area contributed by atoms with Crippen LogP contribution >= 0.6 is 11.8 Å². The van der Waals surface area contributed by atoms with E-state index in [1.165, 1.54) is 0 Å². The minimum absolute atomic E-state index is 0.0295. The van der Waals surface area contributed by atoms with E-state index in [-0.39, 0.29) is 18.4 Å². The van der Waals surface area contributed by atoms with Crippen molar-refractivity contribution in [2.75, 3.05) is 26.0 Å². The number of hydrogen-bond donors (Lipinski definition) is 2. The lowest BCUT2D eigenvalue weighted by Crippen LogP contribution is -2.43. The lowest BCUT2D eigenvalue weighted by Gasteiger charge is -2.28. The molecule has 25 heavy (non-hydrogen) atoms. The van der Waals surface area contributed by atoms with Crippen LogP contribution in [0.5, 0.6) is 5.75 Å². The fourth-order valence-corrected chi connectivity index (χ4v) is 3.25. The molecule has 1 amide bonds. The van der Waals surface area contributed by atoms with Crippen molar-refractivity contribution in [2.45, 2.75) is 30.8 Å². The molecule has 2 atom stereocenters. The molecule has 1 fully saturated rings. The molecular formula is C18H25NO5S. The summed E-state index contributed by atoms with van der Waals surface area (Å²) in [5.74, 6) is -1.15. The first-order valence-corrected chi connectivity index (χ1v) is 9.62. The van der Waals surface area contributed by atoms with Crippen LogP contribution in [0.3, 0.4) is 0 Å². The zero-order valence-corrected chi connectivity index (χ0v) is 15.4. The van der Waals surface area contributed by atoms with E-state index in [2.05, 4.69) is 5.32 Å². The van der Waals surface area contributed by atoms with Gasteiger partial charge in [-0.05, 0) is 56.2 Å². The van der Waals surface area contributed by atoms with Gasteiger partial charge in [0.05, 0.1) is 5.92 Å². The second-order valence-corrected chi connectivity index (χ2v) is 6.95. The van der Waals surface area contributed by atoms with Gasteiger partial charge in [0, 0.05) is 24.7 Å². The number of nitrogens with one attached hydrogen (secondary N) is 1. The second kappa shape index (κ2) is 9.68. The predicted molar refractivity (Wildman–Crippen MR) is 96.0 cm³/mol. The molecule has 138 valence electrons. The van der Waals surface area contributed by atoms with E-state index in [1.807, 2.05) is 30.5 Å². The fourth-order valence-electron chi connectivity index (χ4n) is 2.84. The molecule has 0 bridgehead atoms.